The van der Waals surface area contributed by atoms with Crippen molar-refractivity contribution in [3.63, 3.8) is 0 Å². The summed E-state index contributed by atoms with van der Waals surface area (Å²) in [4.78, 5) is 11.7. The molecule has 5 nitrogen and oxygen atoms in total. The molecule has 114 valence electrons. The van der Waals surface area contributed by atoms with Gasteiger partial charge in [0.05, 0.1) is 13.2 Å². The van der Waals surface area contributed by atoms with E-state index in [1.54, 1.807) is 27.9 Å². The van der Waals surface area contributed by atoms with E-state index >= 15 is 0 Å². The lowest BCUT2D eigenvalue weighted by Crippen LogP contribution is -2.39. The Kier molecular flexibility index (Phi) is 6.03. The molecule has 0 bridgehead atoms. The Bertz CT molecular complexity index is 547. The van der Waals surface area contributed by atoms with E-state index in [0.29, 0.717) is 12.2 Å². The topological polar surface area (TPSA) is 71.3 Å². The molecular formula is C15H19BrN2O3. The number of nitriles is 1. The third-order valence-electron chi connectivity index (χ3n) is 2.52. The lowest BCUT2D eigenvalue weighted by molar-refractivity contribution is 0.0515. The van der Waals surface area contributed by atoms with Crippen LogP contribution in [0.4, 0.5) is 4.79 Å². The van der Waals surface area contributed by atoms with Crippen molar-refractivity contribution in [2.24, 2.45) is 0 Å². The van der Waals surface area contributed by atoms with Crippen molar-refractivity contribution < 1.29 is 14.3 Å². The molecule has 21 heavy (non-hydrogen) atoms. The SMILES string of the molecule is COc1cc(Br)ccc1C[C@@H](C#N)NC(=O)OC(C)(C)C. The molecule has 0 saturated heterocycles. The van der Waals surface area contributed by atoms with E-state index in [1.807, 2.05) is 18.2 Å². The predicted octanol–water partition coefficient (Wildman–Crippen LogP) is 3.42. The highest BCUT2D eigenvalue weighted by molar-refractivity contribution is 9.10. The number of nitrogens with zero attached hydrogens (tertiary/aromatic N) is 1. The van der Waals surface area contributed by atoms with Gasteiger partial charge < -0.3 is 14.8 Å². The van der Waals surface area contributed by atoms with E-state index in [4.69, 9.17) is 9.47 Å². The highest BCUT2D eigenvalue weighted by atomic mass is 79.9. The van der Waals surface area contributed by atoms with Crippen molar-refractivity contribution in [1.29, 1.82) is 5.26 Å². The minimum Gasteiger partial charge on any atom is -0.496 e. The van der Waals surface area contributed by atoms with E-state index in [2.05, 4.69) is 27.3 Å². The maximum absolute atomic E-state index is 11.7. The molecule has 0 aromatic heterocycles. The fraction of sp³-hybridized carbons (Fsp3) is 0.467. The molecule has 1 rings (SSSR count). The van der Waals surface area contributed by atoms with Gasteiger partial charge in [-0.1, -0.05) is 22.0 Å². The second-order valence-electron chi connectivity index (χ2n) is 5.49. The number of carbonyl (C=O) groups excluding carboxylic acids is 1. The third kappa shape index (κ3) is 6.05. The predicted molar refractivity (Wildman–Crippen MR) is 83.2 cm³/mol. The van der Waals surface area contributed by atoms with Gasteiger partial charge in [0.15, 0.2) is 0 Å². The molecular weight excluding hydrogens is 336 g/mol. The highest BCUT2D eigenvalue weighted by Crippen LogP contribution is 2.24. The van der Waals surface area contributed by atoms with E-state index in [1.165, 1.54) is 0 Å². The van der Waals surface area contributed by atoms with Gasteiger partial charge >= 0.3 is 6.09 Å². The molecule has 1 aromatic carbocycles. The largest absolute Gasteiger partial charge is 0.496 e. The average Bonchev–Trinajstić information content (AvgIpc) is 2.37. The maximum Gasteiger partial charge on any atom is 0.408 e. The standard InChI is InChI=1S/C15H19BrN2O3/c1-15(2,3)21-14(19)18-12(9-17)7-10-5-6-11(16)8-13(10)20-4/h5-6,8,12H,7H2,1-4H3,(H,18,19)/t12-/m0/s1. The molecule has 0 spiro atoms. The van der Waals surface area contributed by atoms with Crippen molar-refractivity contribution in [3.8, 4) is 11.8 Å². The van der Waals surface area contributed by atoms with Crippen LogP contribution in [0.25, 0.3) is 0 Å². The van der Waals surface area contributed by atoms with E-state index < -0.39 is 17.7 Å². The van der Waals surface area contributed by atoms with Gasteiger partial charge in [-0.25, -0.2) is 4.79 Å². The van der Waals surface area contributed by atoms with Gasteiger partial charge in [0.1, 0.15) is 17.4 Å². The van der Waals surface area contributed by atoms with Crippen LogP contribution in [0.1, 0.15) is 26.3 Å². The summed E-state index contributed by atoms with van der Waals surface area (Å²) in [5.74, 6) is 0.663. The molecule has 0 unspecified atom stereocenters. The zero-order chi connectivity index (χ0) is 16.0. The number of hydrogen-bond donors (Lipinski definition) is 1. The fourth-order valence-electron chi connectivity index (χ4n) is 1.69. The summed E-state index contributed by atoms with van der Waals surface area (Å²) in [7, 11) is 1.56. The quantitative estimate of drug-likeness (QED) is 0.898. The van der Waals surface area contributed by atoms with Gasteiger partial charge in [0.25, 0.3) is 0 Å². The summed E-state index contributed by atoms with van der Waals surface area (Å²) in [5.41, 5.74) is 0.239. The number of alkyl carbamates (subject to hydrolysis) is 1. The summed E-state index contributed by atoms with van der Waals surface area (Å²) in [6.45, 7) is 5.31. The van der Waals surface area contributed by atoms with Crippen LogP contribution in [-0.2, 0) is 11.2 Å². The lowest BCUT2D eigenvalue weighted by Gasteiger charge is -2.21. The molecule has 1 atom stereocenters. The van der Waals surface area contributed by atoms with Crippen LogP contribution >= 0.6 is 15.9 Å². The number of benzene rings is 1. The van der Waals surface area contributed by atoms with Crippen molar-refractivity contribution >= 4 is 22.0 Å². The van der Waals surface area contributed by atoms with Gasteiger partial charge in [-0.15, -0.1) is 0 Å². The fourth-order valence-corrected chi connectivity index (χ4v) is 2.03. The molecule has 0 aliphatic heterocycles. The molecule has 0 saturated carbocycles. The molecule has 1 aromatic rings. The first-order chi connectivity index (χ1) is 9.75. The van der Waals surface area contributed by atoms with Gasteiger partial charge in [0.2, 0.25) is 0 Å². The zero-order valence-corrected chi connectivity index (χ0v) is 14.2. The minimum absolute atomic E-state index is 0.339. The normalized spacial score (nSPS) is 12.2. The van der Waals surface area contributed by atoms with Crippen LogP contribution in [0.2, 0.25) is 0 Å². The number of hydrogen-bond acceptors (Lipinski definition) is 4. The molecule has 1 N–H and O–H groups in total. The van der Waals surface area contributed by atoms with E-state index in [0.717, 1.165) is 10.0 Å². The van der Waals surface area contributed by atoms with Crippen LogP contribution in [0, 0.1) is 11.3 Å². The summed E-state index contributed by atoms with van der Waals surface area (Å²) >= 11 is 3.36. The van der Waals surface area contributed by atoms with Crippen molar-refractivity contribution in [2.45, 2.75) is 38.8 Å². The first-order valence-electron chi connectivity index (χ1n) is 6.46. The van der Waals surface area contributed by atoms with Crippen LogP contribution in [0.3, 0.4) is 0 Å². The number of methoxy groups -OCH3 is 1. The first-order valence-corrected chi connectivity index (χ1v) is 7.26. The molecule has 0 aliphatic carbocycles. The Balaban J connectivity index is 2.75. The first kappa shape index (κ1) is 17.3. The number of carbonyl (C=O) groups is 1. The third-order valence-corrected chi connectivity index (χ3v) is 3.01. The Labute approximate surface area is 133 Å². The van der Waals surface area contributed by atoms with Crippen molar-refractivity contribution in [3.05, 3.63) is 28.2 Å². The van der Waals surface area contributed by atoms with Gasteiger partial charge in [-0.05, 0) is 38.5 Å². The zero-order valence-electron chi connectivity index (χ0n) is 12.6. The molecule has 0 aliphatic rings. The van der Waals surface area contributed by atoms with Crippen LogP contribution in [0.5, 0.6) is 5.75 Å². The summed E-state index contributed by atoms with van der Waals surface area (Å²) in [6, 6.07) is 6.90. The van der Waals surface area contributed by atoms with Crippen LogP contribution < -0.4 is 10.1 Å². The second-order valence-corrected chi connectivity index (χ2v) is 6.40. The Morgan fingerprint density at radius 2 is 2.14 bits per heavy atom. The van der Waals surface area contributed by atoms with Crippen LogP contribution in [0.15, 0.2) is 22.7 Å². The number of amides is 1. The Hall–Kier alpha value is -1.74. The summed E-state index contributed by atoms with van der Waals surface area (Å²) in [6.07, 6.45) is -0.267. The minimum atomic E-state index is -0.685. The van der Waals surface area contributed by atoms with Gasteiger partial charge in [-0.2, -0.15) is 5.26 Å². The molecule has 0 fully saturated rings. The van der Waals surface area contributed by atoms with Gasteiger partial charge in [-0.3, -0.25) is 0 Å². The number of nitrogens with one attached hydrogen (secondary N) is 1. The molecule has 0 radical (unpaired) electrons. The van der Waals surface area contributed by atoms with E-state index in [-0.39, 0.29) is 0 Å². The Morgan fingerprint density at radius 1 is 1.48 bits per heavy atom. The number of rotatable bonds is 4. The Morgan fingerprint density at radius 3 is 2.67 bits per heavy atom. The summed E-state index contributed by atoms with van der Waals surface area (Å²) in [5, 5.41) is 11.7. The van der Waals surface area contributed by atoms with Crippen molar-refractivity contribution in [2.75, 3.05) is 7.11 Å². The monoisotopic (exact) mass is 354 g/mol. The van der Waals surface area contributed by atoms with Crippen molar-refractivity contribution in [1.82, 2.24) is 5.32 Å². The smallest absolute Gasteiger partial charge is 0.408 e. The highest BCUT2D eigenvalue weighted by Gasteiger charge is 2.20. The number of ether oxygens (including phenoxy) is 2. The molecule has 1 amide bonds. The average molecular weight is 355 g/mol. The summed E-state index contributed by atoms with van der Waals surface area (Å²) < 4.78 is 11.3. The molecule has 6 heteroatoms. The van der Waals surface area contributed by atoms with Crippen LogP contribution in [-0.4, -0.2) is 24.8 Å². The maximum atomic E-state index is 11.7. The lowest BCUT2D eigenvalue weighted by atomic mass is 10.1. The number of halogens is 1. The molecule has 0 heterocycles. The van der Waals surface area contributed by atoms with E-state index in [9.17, 15) is 10.1 Å². The second kappa shape index (κ2) is 7.32. The van der Waals surface area contributed by atoms with Gasteiger partial charge in [0, 0.05) is 10.9 Å².